The first-order valence-electron chi connectivity index (χ1n) is 7.21. The second-order valence-corrected chi connectivity index (χ2v) is 6.35. The maximum absolute atomic E-state index is 6.17. The molecule has 2 heterocycles. The van der Waals surface area contributed by atoms with E-state index in [1.807, 2.05) is 48.5 Å². The Morgan fingerprint density at radius 2 is 1.83 bits per heavy atom. The van der Waals surface area contributed by atoms with Crippen LogP contribution in [-0.2, 0) is 5.75 Å². The van der Waals surface area contributed by atoms with Gasteiger partial charge in [0, 0.05) is 16.3 Å². The SMILES string of the molecule is Clc1ccccc1CSc1nnc2c(n1)OC=Nc1ccccc1-2. The molecule has 5 nitrogen and oxygen atoms in total. The van der Waals surface area contributed by atoms with E-state index in [4.69, 9.17) is 16.3 Å². The van der Waals surface area contributed by atoms with Gasteiger partial charge in [-0.2, -0.15) is 4.98 Å². The highest BCUT2D eigenvalue weighted by atomic mass is 35.5. The molecule has 7 heteroatoms. The van der Waals surface area contributed by atoms with Crippen molar-refractivity contribution >= 4 is 35.5 Å². The molecule has 0 spiro atoms. The van der Waals surface area contributed by atoms with Crippen LogP contribution in [0.25, 0.3) is 11.3 Å². The zero-order chi connectivity index (χ0) is 16.4. The molecular weight excluding hydrogens is 344 g/mol. The summed E-state index contributed by atoms with van der Waals surface area (Å²) >= 11 is 7.63. The van der Waals surface area contributed by atoms with Crippen LogP contribution in [-0.4, -0.2) is 21.6 Å². The predicted molar refractivity (Wildman–Crippen MR) is 95.1 cm³/mol. The number of rotatable bonds is 3. The smallest absolute Gasteiger partial charge is 0.251 e. The third-order valence-electron chi connectivity index (χ3n) is 3.47. The Hall–Kier alpha value is -2.44. The van der Waals surface area contributed by atoms with Gasteiger partial charge in [-0.25, -0.2) is 4.99 Å². The minimum atomic E-state index is 0.403. The molecule has 1 aliphatic heterocycles. The third-order valence-corrected chi connectivity index (χ3v) is 4.72. The number of thioether (sulfide) groups is 1. The molecule has 0 amide bonds. The molecule has 0 saturated carbocycles. The lowest BCUT2D eigenvalue weighted by Gasteiger charge is -2.07. The summed E-state index contributed by atoms with van der Waals surface area (Å²) in [5.74, 6) is 1.06. The van der Waals surface area contributed by atoms with E-state index in [9.17, 15) is 0 Å². The van der Waals surface area contributed by atoms with E-state index in [0.717, 1.165) is 21.8 Å². The summed E-state index contributed by atoms with van der Waals surface area (Å²) in [6.45, 7) is 0. The van der Waals surface area contributed by atoms with Gasteiger partial charge < -0.3 is 4.74 Å². The lowest BCUT2D eigenvalue weighted by atomic mass is 10.1. The fourth-order valence-electron chi connectivity index (χ4n) is 2.29. The molecule has 0 saturated heterocycles. The molecule has 4 rings (SSSR count). The lowest BCUT2D eigenvalue weighted by molar-refractivity contribution is 0.533. The maximum Gasteiger partial charge on any atom is 0.251 e. The van der Waals surface area contributed by atoms with Gasteiger partial charge in [-0.05, 0) is 17.7 Å². The fraction of sp³-hybridized carbons (Fsp3) is 0.0588. The van der Waals surface area contributed by atoms with Crippen molar-refractivity contribution in [2.75, 3.05) is 0 Å². The lowest BCUT2D eigenvalue weighted by Crippen LogP contribution is -2.00. The molecular formula is C17H11ClN4OS. The Morgan fingerprint density at radius 3 is 2.75 bits per heavy atom. The minimum absolute atomic E-state index is 0.403. The highest BCUT2D eigenvalue weighted by Gasteiger charge is 2.18. The van der Waals surface area contributed by atoms with E-state index in [1.165, 1.54) is 18.2 Å². The number of hydrogen-bond acceptors (Lipinski definition) is 6. The topological polar surface area (TPSA) is 60.3 Å². The summed E-state index contributed by atoms with van der Waals surface area (Å²) in [5.41, 5.74) is 3.24. The highest BCUT2D eigenvalue weighted by molar-refractivity contribution is 7.98. The van der Waals surface area contributed by atoms with E-state index in [-0.39, 0.29) is 0 Å². The molecule has 0 atom stereocenters. The van der Waals surface area contributed by atoms with Crippen LogP contribution < -0.4 is 4.74 Å². The normalized spacial score (nSPS) is 12.0. The number of halogens is 1. The summed E-state index contributed by atoms with van der Waals surface area (Å²) in [7, 11) is 0. The van der Waals surface area contributed by atoms with Gasteiger partial charge in [0.05, 0.1) is 5.69 Å². The van der Waals surface area contributed by atoms with Crippen molar-refractivity contribution in [2.24, 2.45) is 4.99 Å². The van der Waals surface area contributed by atoms with Crippen LogP contribution in [0.3, 0.4) is 0 Å². The Bertz CT molecular complexity index is 932. The van der Waals surface area contributed by atoms with E-state index in [2.05, 4.69) is 20.2 Å². The van der Waals surface area contributed by atoms with Gasteiger partial charge in [0.2, 0.25) is 5.16 Å². The van der Waals surface area contributed by atoms with Crippen LogP contribution in [0, 0.1) is 0 Å². The molecule has 0 unspecified atom stereocenters. The molecule has 3 aromatic rings. The van der Waals surface area contributed by atoms with Crippen molar-refractivity contribution in [3.63, 3.8) is 0 Å². The Labute approximate surface area is 147 Å². The zero-order valence-corrected chi connectivity index (χ0v) is 14.0. The van der Waals surface area contributed by atoms with Crippen molar-refractivity contribution < 1.29 is 4.74 Å². The van der Waals surface area contributed by atoms with Crippen LogP contribution in [0.2, 0.25) is 5.02 Å². The minimum Gasteiger partial charge on any atom is -0.425 e. The van der Waals surface area contributed by atoms with E-state index in [0.29, 0.717) is 22.5 Å². The van der Waals surface area contributed by atoms with Gasteiger partial charge in [0.15, 0.2) is 12.1 Å². The van der Waals surface area contributed by atoms with E-state index in [1.54, 1.807) is 0 Å². The summed E-state index contributed by atoms with van der Waals surface area (Å²) in [5, 5.41) is 9.74. The van der Waals surface area contributed by atoms with Gasteiger partial charge in [0.25, 0.3) is 5.88 Å². The van der Waals surface area contributed by atoms with Crippen molar-refractivity contribution in [3.8, 4) is 17.1 Å². The molecule has 0 radical (unpaired) electrons. The first-order valence-corrected chi connectivity index (χ1v) is 8.57. The molecule has 0 bridgehead atoms. The fourth-order valence-corrected chi connectivity index (χ4v) is 3.35. The van der Waals surface area contributed by atoms with Gasteiger partial charge >= 0.3 is 0 Å². The number of benzene rings is 2. The molecule has 118 valence electrons. The largest absolute Gasteiger partial charge is 0.425 e. The highest BCUT2D eigenvalue weighted by Crippen LogP contribution is 2.36. The zero-order valence-electron chi connectivity index (χ0n) is 12.4. The Balaban J connectivity index is 1.62. The Kier molecular flexibility index (Phi) is 4.15. The number of para-hydroxylation sites is 1. The van der Waals surface area contributed by atoms with Crippen molar-refractivity contribution in [1.29, 1.82) is 0 Å². The third kappa shape index (κ3) is 2.98. The van der Waals surface area contributed by atoms with Gasteiger partial charge in [0.1, 0.15) is 0 Å². The maximum atomic E-state index is 6.17. The summed E-state index contributed by atoms with van der Waals surface area (Å²) in [4.78, 5) is 8.71. The second kappa shape index (κ2) is 6.59. The van der Waals surface area contributed by atoms with Crippen LogP contribution in [0.15, 0.2) is 58.7 Å². The van der Waals surface area contributed by atoms with Crippen LogP contribution in [0.4, 0.5) is 5.69 Å². The van der Waals surface area contributed by atoms with E-state index >= 15 is 0 Å². The van der Waals surface area contributed by atoms with Crippen molar-refractivity contribution in [1.82, 2.24) is 15.2 Å². The molecule has 1 aromatic heterocycles. The standard InChI is InChI=1S/C17H11ClN4OS/c18-13-7-3-1-5-11(13)9-24-17-20-16-15(21-22-17)12-6-2-4-8-14(12)19-10-23-16/h1-8,10H,9H2. The molecule has 0 fully saturated rings. The number of hydrogen-bond donors (Lipinski definition) is 0. The molecule has 0 N–H and O–H groups in total. The summed E-state index contributed by atoms with van der Waals surface area (Å²) in [6.07, 6.45) is 1.38. The molecule has 0 aliphatic carbocycles. The predicted octanol–water partition coefficient (Wildman–Crippen LogP) is 4.54. The average molecular weight is 355 g/mol. The first-order chi connectivity index (χ1) is 11.8. The van der Waals surface area contributed by atoms with Crippen LogP contribution >= 0.6 is 23.4 Å². The Morgan fingerprint density at radius 1 is 1.00 bits per heavy atom. The van der Waals surface area contributed by atoms with Gasteiger partial charge in [-0.1, -0.05) is 59.8 Å². The number of fused-ring (bicyclic) bond motifs is 3. The summed E-state index contributed by atoms with van der Waals surface area (Å²) in [6, 6.07) is 15.4. The number of nitrogens with zero attached hydrogens (tertiary/aromatic N) is 4. The average Bonchev–Trinajstić information content (AvgIpc) is 2.80. The second-order valence-electron chi connectivity index (χ2n) is 5.00. The molecule has 2 aromatic carbocycles. The van der Waals surface area contributed by atoms with Crippen molar-refractivity contribution in [2.45, 2.75) is 10.9 Å². The first kappa shape index (κ1) is 15.1. The number of aromatic nitrogens is 3. The van der Waals surface area contributed by atoms with Crippen LogP contribution in [0.5, 0.6) is 5.88 Å². The van der Waals surface area contributed by atoms with E-state index < -0.39 is 0 Å². The van der Waals surface area contributed by atoms with Crippen molar-refractivity contribution in [3.05, 3.63) is 59.1 Å². The number of ether oxygens (including phenoxy) is 1. The van der Waals surface area contributed by atoms with Gasteiger partial charge in [-0.3, -0.25) is 0 Å². The summed E-state index contributed by atoms with van der Waals surface area (Å²) < 4.78 is 5.50. The quantitative estimate of drug-likeness (QED) is 0.646. The monoisotopic (exact) mass is 354 g/mol. The molecule has 24 heavy (non-hydrogen) atoms. The molecule has 1 aliphatic rings. The number of aliphatic imine (C=N–C) groups is 1. The van der Waals surface area contributed by atoms with Crippen LogP contribution in [0.1, 0.15) is 5.56 Å². The van der Waals surface area contributed by atoms with Gasteiger partial charge in [-0.15, -0.1) is 10.2 Å².